The minimum absolute atomic E-state index is 0.154. The number of hydrogen-bond donors (Lipinski definition) is 4. The molecule has 1 heterocycles. The third kappa shape index (κ3) is 22.5. The van der Waals surface area contributed by atoms with Crippen LogP contribution in [0.15, 0.2) is 18.2 Å². The normalized spacial score (nSPS) is 19.4. The molecule has 57 heavy (non-hydrogen) atoms. The van der Waals surface area contributed by atoms with Crippen molar-refractivity contribution in [3.8, 4) is 11.5 Å². The highest BCUT2D eigenvalue weighted by atomic mass is 16.6. The minimum Gasteiger partial charge on any atom is -0.490 e. The lowest BCUT2D eigenvalue weighted by Gasteiger charge is -2.42. The molecule has 1 amide bonds. The van der Waals surface area contributed by atoms with Crippen molar-refractivity contribution in [3.05, 3.63) is 23.8 Å². The molecule has 330 valence electrons. The molecule has 10 nitrogen and oxygen atoms in total. The van der Waals surface area contributed by atoms with Crippen molar-refractivity contribution >= 4 is 11.9 Å². The van der Waals surface area contributed by atoms with Crippen LogP contribution in [0, 0.1) is 0 Å². The van der Waals surface area contributed by atoms with Crippen molar-refractivity contribution in [1.29, 1.82) is 0 Å². The van der Waals surface area contributed by atoms with Gasteiger partial charge in [-0.25, -0.2) is 0 Å². The van der Waals surface area contributed by atoms with E-state index < -0.39 is 49.1 Å². The molecule has 10 heteroatoms. The molecule has 1 aromatic carbocycles. The number of ether oxygens (including phenoxy) is 4. The molecular weight excluding hydrogens is 723 g/mol. The quantitative estimate of drug-likeness (QED) is 0.0385. The van der Waals surface area contributed by atoms with Crippen LogP contribution in [0.4, 0.5) is 0 Å². The first-order valence-electron chi connectivity index (χ1n) is 23.4. The predicted molar refractivity (Wildman–Crippen MR) is 229 cm³/mol. The van der Waals surface area contributed by atoms with E-state index in [1.54, 1.807) is 18.2 Å². The molecule has 0 aromatic heterocycles. The van der Waals surface area contributed by atoms with Crippen LogP contribution in [0.25, 0.3) is 0 Å². The second-order valence-corrected chi connectivity index (χ2v) is 16.3. The Hall–Kier alpha value is -2.40. The fraction of sp³-hybridized carbons (Fsp3) is 0.830. The van der Waals surface area contributed by atoms with Gasteiger partial charge in [0.1, 0.15) is 18.2 Å². The van der Waals surface area contributed by atoms with Gasteiger partial charge in [-0.3, -0.25) is 9.59 Å². The molecule has 1 aliphatic rings. The van der Waals surface area contributed by atoms with E-state index in [4.69, 9.17) is 18.9 Å². The van der Waals surface area contributed by atoms with Gasteiger partial charge in [-0.05, 0) is 37.5 Å². The molecule has 1 saturated heterocycles. The molecule has 1 fully saturated rings. The standard InChI is InChI=1S/C47H83NO9/c1-4-7-10-13-16-19-20-21-22-25-28-31-42(50)57-45-43(47(53)56-41(37-49)44(45)51)48-46(52)38-32-33-39(54-34-29-26-23-17-14-11-8-5-2)40(36-38)55-35-30-27-24-18-15-12-9-6-3/h32-33,36,41,43-45,47,49,51,53H,4-31,34-35,37H2,1-3H3,(H,48,52)/t41-,43-,44-,45-,47-/m1/s1. The third-order valence-corrected chi connectivity index (χ3v) is 11.1. The van der Waals surface area contributed by atoms with Crippen molar-refractivity contribution in [2.75, 3.05) is 19.8 Å². The second kappa shape index (κ2) is 33.4. The van der Waals surface area contributed by atoms with Crippen LogP contribution in [0.3, 0.4) is 0 Å². The molecule has 0 bridgehead atoms. The van der Waals surface area contributed by atoms with E-state index in [0.717, 1.165) is 51.4 Å². The smallest absolute Gasteiger partial charge is 0.306 e. The van der Waals surface area contributed by atoms with E-state index in [0.29, 0.717) is 31.1 Å². The molecule has 5 atom stereocenters. The number of aliphatic hydroxyl groups is 3. The average Bonchev–Trinajstić information content (AvgIpc) is 3.21. The number of carbonyl (C=O) groups is 2. The minimum atomic E-state index is -1.62. The number of unbranched alkanes of at least 4 members (excludes halogenated alkanes) is 24. The van der Waals surface area contributed by atoms with Crippen molar-refractivity contribution in [3.63, 3.8) is 0 Å². The van der Waals surface area contributed by atoms with Crippen LogP contribution in [0.5, 0.6) is 11.5 Å². The van der Waals surface area contributed by atoms with Crippen molar-refractivity contribution in [2.24, 2.45) is 0 Å². The Morgan fingerprint density at radius 1 is 0.614 bits per heavy atom. The van der Waals surface area contributed by atoms with Gasteiger partial charge in [0.2, 0.25) is 0 Å². The summed E-state index contributed by atoms with van der Waals surface area (Å²) in [5, 5.41) is 34.5. The Balaban J connectivity index is 1.99. The Morgan fingerprint density at radius 2 is 1.05 bits per heavy atom. The van der Waals surface area contributed by atoms with Gasteiger partial charge in [0.05, 0.1) is 19.8 Å². The molecule has 0 spiro atoms. The highest BCUT2D eigenvalue weighted by Crippen LogP contribution is 2.30. The van der Waals surface area contributed by atoms with Crippen molar-refractivity contribution in [2.45, 2.75) is 231 Å². The number of benzene rings is 1. The molecule has 0 unspecified atom stereocenters. The maximum Gasteiger partial charge on any atom is 0.306 e. The topological polar surface area (TPSA) is 144 Å². The summed E-state index contributed by atoms with van der Waals surface area (Å²) in [6, 6.07) is 3.74. The van der Waals surface area contributed by atoms with Gasteiger partial charge in [-0.1, -0.05) is 175 Å². The summed E-state index contributed by atoms with van der Waals surface area (Å²) in [6.45, 7) is 7.14. The number of aliphatic hydroxyl groups excluding tert-OH is 3. The van der Waals surface area contributed by atoms with E-state index >= 15 is 0 Å². The summed E-state index contributed by atoms with van der Waals surface area (Å²) in [5.74, 6) is -0.0450. The van der Waals surface area contributed by atoms with Gasteiger partial charge in [0.25, 0.3) is 5.91 Å². The first kappa shape index (κ1) is 50.7. The number of esters is 1. The van der Waals surface area contributed by atoms with Crippen LogP contribution < -0.4 is 14.8 Å². The van der Waals surface area contributed by atoms with Gasteiger partial charge in [0, 0.05) is 12.0 Å². The summed E-state index contributed by atoms with van der Waals surface area (Å²) in [7, 11) is 0. The summed E-state index contributed by atoms with van der Waals surface area (Å²) in [5.41, 5.74) is 0.261. The van der Waals surface area contributed by atoms with Gasteiger partial charge in [0.15, 0.2) is 23.9 Å². The number of nitrogens with one attached hydrogen (secondary N) is 1. The lowest BCUT2D eigenvalue weighted by Crippen LogP contribution is -2.65. The van der Waals surface area contributed by atoms with Crippen LogP contribution >= 0.6 is 0 Å². The molecule has 0 radical (unpaired) electrons. The molecule has 4 N–H and O–H groups in total. The van der Waals surface area contributed by atoms with Crippen LogP contribution in [0.1, 0.15) is 211 Å². The summed E-state index contributed by atoms with van der Waals surface area (Å²) >= 11 is 0. The Labute approximate surface area is 346 Å². The SMILES string of the molecule is CCCCCCCCCCCCCC(=O)O[C@H]1[C@H](O)[C@@H](CO)O[C@@H](O)[C@@H]1NC(=O)c1ccc(OCCCCCCCCCC)c(OCCCCCCCCCC)c1. The van der Waals surface area contributed by atoms with E-state index in [9.17, 15) is 24.9 Å². The molecule has 1 aromatic rings. The first-order chi connectivity index (χ1) is 27.9. The largest absolute Gasteiger partial charge is 0.490 e. The van der Waals surface area contributed by atoms with Crippen LogP contribution in [0.2, 0.25) is 0 Å². The fourth-order valence-electron chi connectivity index (χ4n) is 7.47. The fourth-order valence-corrected chi connectivity index (χ4v) is 7.47. The Kier molecular flexibility index (Phi) is 29.8. The van der Waals surface area contributed by atoms with Gasteiger partial charge >= 0.3 is 5.97 Å². The number of rotatable bonds is 36. The Morgan fingerprint density at radius 3 is 1.53 bits per heavy atom. The second-order valence-electron chi connectivity index (χ2n) is 16.3. The maximum absolute atomic E-state index is 13.7. The number of carbonyl (C=O) groups excluding carboxylic acids is 2. The molecule has 0 saturated carbocycles. The number of amides is 1. The first-order valence-corrected chi connectivity index (χ1v) is 23.4. The zero-order chi connectivity index (χ0) is 41.4. The lowest BCUT2D eigenvalue weighted by molar-refractivity contribution is -0.257. The highest BCUT2D eigenvalue weighted by Gasteiger charge is 2.47. The highest BCUT2D eigenvalue weighted by molar-refractivity contribution is 5.95. The van der Waals surface area contributed by atoms with Gasteiger partial charge < -0.3 is 39.6 Å². The molecule has 1 aliphatic heterocycles. The van der Waals surface area contributed by atoms with Gasteiger partial charge in [-0.2, -0.15) is 0 Å². The maximum atomic E-state index is 13.7. The van der Waals surface area contributed by atoms with E-state index in [2.05, 4.69) is 26.1 Å². The van der Waals surface area contributed by atoms with Crippen LogP contribution in [-0.4, -0.2) is 77.7 Å². The monoisotopic (exact) mass is 806 g/mol. The molecular formula is C47H83NO9. The number of hydrogen-bond acceptors (Lipinski definition) is 9. The lowest BCUT2D eigenvalue weighted by atomic mass is 9.96. The Bertz CT molecular complexity index is 1150. The predicted octanol–water partition coefficient (Wildman–Crippen LogP) is 10.5. The van der Waals surface area contributed by atoms with Gasteiger partial charge in [-0.15, -0.1) is 0 Å². The summed E-state index contributed by atoms with van der Waals surface area (Å²) in [6.07, 6.45) is 26.2. The summed E-state index contributed by atoms with van der Waals surface area (Å²) < 4.78 is 23.5. The van der Waals surface area contributed by atoms with E-state index in [1.165, 1.54) is 116 Å². The summed E-state index contributed by atoms with van der Waals surface area (Å²) in [4.78, 5) is 26.7. The zero-order valence-corrected chi connectivity index (χ0v) is 36.3. The van der Waals surface area contributed by atoms with Crippen molar-refractivity contribution < 1.29 is 43.9 Å². The van der Waals surface area contributed by atoms with Crippen LogP contribution in [-0.2, 0) is 14.3 Å². The van der Waals surface area contributed by atoms with Crippen molar-refractivity contribution in [1.82, 2.24) is 5.32 Å². The van der Waals surface area contributed by atoms with E-state index in [-0.39, 0.29) is 12.0 Å². The average molecular weight is 806 g/mol. The van der Waals surface area contributed by atoms with E-state index in [1.807, 2.05) is 0 Å². The zero-order valence-electron chi connectivity index (χ0n) is 36.3. The molecule has 0 aliphatic carbocycles. The molecule has 2 rings (SSSR count). The third-order valence-electron chi connectivity index (χ3n) is 11.1.